The maximum atomic E-state index is 5.87. The summed E-state index contributed by atoms with van der Waals surface area (Å²) in [4.78, 5) is 9.82. The zero-order chi connectivity index (χ0) is 21.4. The summed E-state index contributed by atoms with van der Waals surface area (Å²) in [6, 6.07) is 16.9. The number of halogens is 2. The van der Waals surface area contributed by atoms with Crippen molar-refractivity contribution in [3.63, 3.8) is 0 Å². The van der Waals surface area contributed by atoms with Crippen LogP contribution in [0.25, 0.3) is 0 Å². The van der Waals surface area contributed by atoms with Crippen molar-refractivity contribution in [1.82, 2.24) is 0 Å². The molecular weight excluding hydrogens is 539 g/mol. The molecule has 0 aliphatic carbocycles. The number of para-hydroxylation sites is 1. The van der Waals surface area contributed by atoms with Crippen LogP contribution >= 0.6 is 28.5 Å². The van der Waals surface area contributed by atoms with E-state index in [1.165, 1.54) is 22.0 Å². The Kier molecular flexibility index (Phi) is 10.1. The van der Waals surface area contributed by atoms with Gasteiger partial charge in [-0.05, 0) is 29.9 Å². The number of hydrogen-bond acceptors (Lipinski definition) is 3. The second-order valence-electron chi connectivity index (χ2n) is 7.56. The average Bonchev–Trinajstić information content (AvgIpc) is 3.13. The van der Waals surface area contributed by atoms with Crippen molar-refractivity contribution in [2.24, 2.45) is 9.98 Å². The van der Waals surface area contributed by atoms with Crippen molar-refractivity contribution in [1.29, 1.82) is 0 Å². The molecule has 0 spiro atoms. The van der Waals surface area contributed by atoms with Crippen LogP contribution in [0.3, 0.4) is 0 Å². The third-order valence-electron chi connectivity index (χ3n) is 4.61. The Morgan fingerprint density at radius 3 is 2.00 bits per heavy atom. The molecule has 29 heavy (non-hydrogen) atoms. The molecule has 1 aliphatic rings. The van der Waals surface area contributed by atoms with Gasteiger partial charge in [-0.25, -0.2) is 9.98 Å². The molecule has 0 saturated carbocycles. The summed E-state index contributed by atoms with van der Waals surface area (Å²) < 4.78 is 5.87. The van der Waals surface area contributed by atoms with E-state index in [-0.39, 0.29) is 6.04 Å². The Hall–Kier alpha value is -0.966. The molecule has 0 fully saturated rings. The van der Waals surface area contributed by atoms with Crippen molar-refractivity contribution in [2.45, 2.75) is 52.5 Å². The molecule has 6 heteroatoms. The first kappa shape index (κ1) is 24.3. The summed E-state index contributed by atoms with van der Waals surface area (Å²) in [7, 11) is 1.25. The molecule has 2 aromatic carbocycles. The third-order valence-corrected chi connectivity index (χ3v) is 4.61. The summed E-state index contributed by atoms with van der Waals surface area (Å²) >= 11 is 6.00. The van der Waals surface area contributed by atoms with Gasteiger partial charge in [-0.2, -0.15) is 0 Å². The monoisotopic (exact) mass is 564 g/mol. The van der Waals surface area contributed by atoms with Crippen molar-refractivity contribution in [2.75, 3.05) is 6.61 Å². The number of hydrogen-bond donors (Lipinski definition) is 0. The van der Waals surface area contributed by atoms with Crippen LogP contribution in [-0.2, 0) is 15.6 Å². The van der Waals surface area contributed by atoms with Gasteiger partial charge in [-0.3, -0.25) is 0 Å². The molecule has 0 aromatic heterocycles. The van der Waals surface area contributed by atoms with E-state index < -0.39 is 0 Å². The van der Waals surface area contributed by atoms with Gasteiger partial charge in [0, 0.05) is 5.56 Å². The van der Waals surface area contributed by atoms with Gasteiger partial charge in [0.2, 0.25) is 5.90 Å². The zero-order valence-electron chi connectivity index (χ0n) is 17.4. The molecule has 0 N–H and O–H groups in total. The number of nitrogens with zero attached hydrogens (tertiary/aromatic N) is 2. The normalized spacial score (nSPS) is 16.5. The Morgan fingerprint density at radius 1 is 1.00 bits per heavy atom. The van der Waals surface area contributed by atoms with Crippen molar-refractivity contribution in [3.05, 3.63) is 65.2 Å². The van der Waals surface area contributed by atoms with Crippen molar-refractivity contribution >= 4 is 45.7 Å². The Balaban J connectivity index is 0.000000941. The molecule has 3 nitrogen and oxygen atoms in total. The standard InChI is InChI=1S/C23H28N2O.2BrH.Ni/c1-15(2)19-12-9-13-20(16(3)4)22(19)25-21(18-10-7-6-8-11-18)23-24-17(5)14-26-23;;;/h6-13,15-17H,14H2,1-5H3;2*1H;/q;;;+2/p-2/t17-;;;/m0.../s1. The number of benzene rings is 2. The van der Waals surface area contributed by atoms with E-state index in [1.807, 2.05) is 18.2 Å². The molecule has 1 heterocycles. The molecule has 160 valence electrons. The van der Waals surface area contributed by atoms with E-state index in [9.17, 15) is 0 Å². The van der Waals surface area contributed by atoms with E-state index in [2.05, 4.69) is 98.4 Å². The molecule has 1 atom stereocenters. The zero-order valence-corrected chi connectivity index (χ0v) is 21.6. The van der Waals surface area contributed by atoms with Crippen LogP contribution in [0.15, 0.2) is 58.5 Å². The molecule has 2 aromatic rings. The summed E-state index contributed by atoms with van der Waals surface area (Å²) in [5, 5.41) is 0. The first-order chi connectivity index (χ1) is 13.9. The first-order valence-electron chi connectivity index (χ1n) is 9.69. The van der Waals surface area contributed by atoms with Gasteiger partial charge in [0.25, 0.3) is 0 Å². The molecule has 0 amide bonds. The van der Waals surface area contributed by atoms with Crippen LogP contribution in [0.1, 0.15) is 63.1 Å². The topological polar surface area (TPSA) is 34.0 Å². The molecule has 0 bridgehead atoms. The Morgan fingerprint density at radius 2 is 1.55 bits per heavy atom. The predicted octanol–water partition coefficient (Wildman–Crippen LogP) is 7.56. The fraction of sp³-hybridized carbons (Fsp3) is 0.391. The van der Waals surface area contributed by atoms with Gasteiger partial charge in [-0.15, -0.1) is 0 Å². The molecule has 3 rings (SSSR count). The van der Waals surface area contributed by atoms with E-state index in [0.29, 0.717) is 24.3 Å². The van der Waals surface area contributed by atoms with Gasteiger partial charge in [0.15, 0.2) is 0 Å². The second kappa shape index (κ2) is 12.0. The van der Waals surface area contributed by atoms with Gasteiger partial charge in [-0.1, -0.05) is 76.2 Å². The fourth-order valence-corrected chi connectivity index (χ4v) is 3.19. The minimum absolute atomic E-state index is 0.170. The molecule has 0 unspecified atom stereocenters. The van der Waals surface area contributed by atoms with Gasteiger partial charge < -0.3 is 4.74 Å². The van der Waals surface area contributed by atoms with Crippen LogP contribution in [0.5, 0.6) is 0 Å². The molecule has 1 aliphatic heterocycles. The fourth-order valence-electron chi connectivity index (χ4n) is 3.19. The van der Waals surface area contributed by atoms with Gasteiger partial charge in [0.1, 0.15) is 12.3 Å². The Bertz CT molecular complexity index is 825. The molecule has 0 saturated heterocycles. The van der Waals surface area contributed by atoms with Gasteiger partial charge in [0.05, 0.1) is 11.7 Å². The first-order valence-corrected chi connectivity index (χ1v) is 14.6. The van der Waals surface area contributed by atoms with E-state index in [0.717, 1.165) is 17.0 Å². The van der Waals surface area contributed by atoms with E-state index in [1.54, 1.807) is 0 Å². The number of rotatable bonds is 5. The van der Waals surface area contributed by atoms with Gasteiger partial charge >= 0.3 is 39.3 Å². The van der Waals surface area contributed by atoms with Crippen LogP contribution in [0.4, 0.5) is 5.69 Å². The van der Waals surface area contributed by atoms with Crippen molar-refractivity contribution in [3.8, 4) is 0 Å². The summed E-state index contributed by atoms with van der Waals surface area (Å²) in [5.74, 6) is 1.45. The minimum atomic E-state index is 0.170. The third kappa shape index (κ3) is 6.77. The maximum absolute atomic E-state index is 5.87. The SMILES string of the molecule is CC(C)c1cccc(C(C)C)c1N=C(C1=N[C@@H](C)CO1)c1ccccc1.[Br][Ni][Br]. The summed E-state index contributed by atoms with van der Waals surface area (Å²) in [6.07, 6.45) is 0. The van der Waals surface area contributed by atoms with Crippen LogP contribution in [0, 0.1) is 0 Å². The van der Waals surface area contributed by atoms with Crippen LogP contribution < -0.4 is 0 Å². The molecule has 0 radical (unpaired) electrons. The summed E-state index contributed by atoms with van der Waals surface area (Å²) in [6.45, 7) is 11.5. The second-order valence-corrected chi connectivity index (χ2v) is 12.5. The molecular formula is C23H28Br2N2NiO. The number of ether oxygens (including phenoxy) is 1. The average molecular weight is 567 g/mol. The number of aliphatic imine (C=N–C) groups is 2. The van der Waals surface area contributed by atoms with Crippen LogP contribution in [-0.4, -0.2) is 24.3 Å². The van der Waals surface area contributed by atoms with Crippen molar-refractivity contribution < 1.29 is 15.6 Å². The van der Waals surface area contributed by atoms with Crippen LogP contribution in [0.2, 0.25) is 0 Å². The Labute approximate surface area is 194 Å². The van der Waals surface area contributed by atoms with E-state index in [4.69, 9.17) is 9.73 Å². The summed E-state index contributed by atoms with van der Waals surface area (Å²) in [5.41, 5.74) is 5.44. The van der Waals surface area contributed by atoms with E-state index >= 15 is 0 Å². The quantitative estimate of drug-likeness (QED) is 0.272. The predicted molar refractivity (Wildman–Crippen MR) is 128 cm³/mol.